The lowest BCUT2D eigenvalue weighted by atomic mass is 9.94. The van der Waals surface area contributed by atoms with E-state index in [0.29, 0.717) is 50.5 Å². The number of carboxylic acids is 1. The minimum Gasteiger partial charge on any atom is -0.506 e. The molecule has 0 bridgehead atoms. The molecule has 216 valence electrons. The topological polar surface area (TPSA) is 140 Å². The van der Waals surface area contributed by atoms with E-state index in [9.17, 15) is 19.5 Å². The number of carbonyl (C=O) groups excluding carboxylic acids is 2. The van der Waals surface area contributed by atoms with E-state index < -0.39 is 5.97 Å². The maximum absolute atomic E-state index is 13.2. The van der Waals surface area contributed by atoms with E-state index in [1.165, 1.54) is 6.42 Å². The van der Waals surface area contributed by atoms with Crippen molar-refractivity contribution in [3.05, 3.63) is 53.1 Å². The van der Waals surface area contributed by atoms with Crippen LogP contribution in [-0.2, 0) is 22.4 Å². The predicted molar refractivity (Wildman–Crippen MR) is 152 cm³/mol. The summed E-state index contributed by atoms with van der Waals surface area (Å²) in [7, 11) is 0. The zero-order valence-corrected chi connectivity index (χ0v) is 22.9. The van der Waals surface area contributed by atoms with Crippen LogP contribution in [0.5, 0.6) is 11.5 Å². The number of fused-ring (bicyclic) bond motifs is 1. The summed E-state index contributed by atoms with van der Waals surface area (Å²) >= 11 is 0. The van der Waals surface area contributed by atoms with E-state index in [-0.39, 0.29) is 35.8 Å². The molecule has 4 rings (SSSR count). The zero-order valence-electron chi connectivity index (χ0n) is 22.9. The molecule has 1 heterocycles. The monoisotopic (exact) mass is 552 g/mol. The summed E-state index contributed by atoms with van der Waals surface area (Å²) in [6.07, 6.45) is 7.52. The number of amides is 2. The second kappa shape index (κ2) is 14.7. The summed E-state index contributed by atoms with van der Waals surface area (Å²) < 4.78 is 5.57. The van der Waals surface area contributed by atoms with Gasteiger partial charge in [-0.2, -0.15) is 0 Å². The molecule has 0 atom stereocenters. The zero-order chi connectivity index (χ0) is 28.3. The van der Waals surface area contributed by atoms with Gasteiger partial charge in [0.2, 0.25) is 5.91 Å². The van der Waals surface area contributed by atoms with Crippen molar-refractivity contribution in [2.75, 3.05) is 44.6 Å². The largest absolute Gasteiger partial charge is 0.506 e. The predicted octanol–water partition coefficient (Wildman–Crippen LogP) is 2.94. The lowest BCUT2D eigenvalue weighted by molar-refractivity contribution is -0.134. The van der Waals surface area contributed by atoms with Crippen molar-refractivity contribution in [1.29, 1.82) is 0 Å². The van der Waals surface area contributed by atoms with Crippen molar-refractivity contribution < 1.29 is 29.3 Å². The molecule has 0 radical (unpaired) electrons. The highest BCUT2D eigenvalue weighted by Gasteiger charge is 2.25. The van der Waals surface area contributed by atoms with Crippen LogP contribution >= 0.6 is 0 Å². The second-order valence-corrected chi connectivity index (χ2v) is 10.4. The first-order valence-corrected chi connectivity index (χ1v) is 14.2. The number of aromatic hydroxyl groups is 1. The van der Waals surface area contributed by atoms with E-state index in [0.717, 1.165) is 49.8 Å². The second-order valence-electron chi connectivity index (χ2n) is 10.4. The van der Waals surface area contributed by atoms with Gasteiger partial charge in [-0.3, -0.25) is 9.59 Å². The summed E-state index contributed by atoms with van der Waals surface area (Å²) in [5, 5.41) is 28.5. The molecule has 2 aromatic rings. The Morgan fingerprint density at radius 3 is 2.42 bits per heavy atom. The maximum Gasteiger partial charge on any atom is 0.335 e. The number of aromatic carboxylic acids is 1. The third-order valence-corrected chi connectivity index (χ3v) is 7.57. The number of nitrogens with zero attached hydrogens (tertiary/aromatic N) is 1. The van der Waals surface area contributed by atoms with Gasteiger partial charge in [-0.15, -0.1) is 0 Å². The quantitative estimate of drug-likeness (QED) is 0.178. The van der Waals surface area contributed by atoms with Crippen LogP contribution in [0.4, 0.5) is 5.69 Å². The molecule has 2 aromatic carbocycles. The molecular formula is C30H40N4O6. The van der Waals surface area contributed by atoms with Gasteiger partial charge >= 0.3 is 5.97 Å². The first kappa shape index (κ1) is 29.4. The lowest BCUT2D eigenvalue weighted by Gasteiger charge is -2.34. The molecule has 0 spiro atoms. The van der Waals surface area contributed by atoms with Gasteiger partial charge in [-0.1, -0.05) is 37.5 Å². The van der Waals surface area contributed by atoms with Gasteiger partial charge in [0, 0.05) is 32.1 Å². The van der Waals surface area contributed by atoms with Crippen molar-refractivity contribution in [2.45, 2.75) is 57.4 Å². The number of benzene rings is 2. The molecule has 2 amide bonds. The Kier molecular flexibility index (Phi) is 10.8. The van der Waals surface area contributed by atoms with Crippen molar-refractivity contribution in [2.24, 2.45) is 0 Å². The number of phenols is 1. The summed E-state index contributed by atoms with van der Waals surface area (Å²) in [5.74, 6) is -0.532. The normalized spacial score (nSPS) is 15.2. The highest BCUT2D eigenvalue weighted by molar-refractivity contribution is 5.97. The molecule has 5 N–H and O–H groups in total. The molecule has 2 aliphatic rings. The summed E-state index contributed by atoms with van der Waals surface area (Å²) in [6.45, 7) is 3.27. The number of ether oxygens (including phenoxy) is 1. The average molecular weight is 553 g/mol. The smallest absolute Gasteiger partial charge is 0.335 e. The van der Waals surface area contributed by atoms with Gasteiger partial charge < -0.3 is 35.8 Å². The third-order valence-electron chi connectivity index (χ3n) is 7.57. The Balaban J connectivity index is 1.20. The molecule has 1 aliphatic heterocycles. The van der Waals surface area contributed by atoms with Crippen molar-refractivity contribution in [1.82, 2.24) is 15.5 Å². The fourth-order valence-corrected chi connectivity index (χ4v) is 5.37. The van der Waals surface area contributed by atoms with Gasteiger partial charge in [0.1, 0.15) is 11.4 Å². The SMILES string of the molecule is O=C1COc2c(CCNCCN(C(=O)CCNCCc3ccc(C(=O)O)cc3)C3CCCCC3)ccc(O)c2N1. The number of nitrogens with one attached hydrogen (secondary N) is 3. The fourth-order valence-electron chi connectivity index (χ4n) is 5.37. The minimum atomic E-state index is -0.928. The Morgan fingerprint density at radius 1 is 0.950 bits per heavy atom. The average Bonchev–Trinajstić information content (AvgIpc) is 2.96. The van der Waals surface area contributed by atoms with E-state index in [1.807, 2.05) is 18.2 Å². The Hall–Kier alpha value is -3.63. The molecule has 40 heavy (non-hydrogen) atoms. The molecule has 1 saturated carbocycles. The first-order valence-electron chi connectivity index (χ1n) is 14.2. The fraction of sp³-hybridized carbons (Fsp3) is 0.500. The van der Waals surface area contributed by atoms with Gasteiger partial charge in [-0.05, 0) is 68.1 Å². The van der Waals surface area contributed by atoms with Gasteiger partial charge in [0.05, 0.1) is 5.56 Å². The Labute approximate surface area is 235 Å². The number of hydrogen-bond acceptors (Lipinski definition) is 7. The third kappa shape index (κ3) is 8.19. The van der Waals surface area contributed by atoms with Crippen LogP contribution in [-0.4, -0.2) is 78.3 Å². The number of phenolic OH excluding ortho intramolecular Hbond substituents is 1. The van der Waals surface area contributed by atoms with Crippen LogP contribution in [0.3, 0.4) is 0 Å². The van der Waals surface area contributed by atoms with Gasteiger partial charge in [0.25, 0.3) is 5.91 Å². The standard InChI is InChI=1S/C30H40N4O6/c35-25-11-10-22(29-28(25)33-26(36)20-40-29)13-16-32-18-19-34(24-4-2-1-3-5-24)27(37)14-17-31-15-12-21-6-8-23(9-7-21)30(38)39/h6-11,24,31-32,35H,1-5,12-20H2,(H,33,36)(H,38,39). The number of carbonyl (C=O) groups is 3. The Bertz CT molecular complexity index is 1160. The highest BCUT2D eigenvalue weighted by atomic mass is 16.5. The van der Waals surface area contributed by atoms with E-state index >= 15 is 0 Å². The number of hydrogen-bond donors (Lipinski definition) is 5. The molecular weight excluding hydrogens is 512 g/mol. The van der Waals surface area contributed by atoms with Gasteiger partial charge in [0.15, 0.2) is 12.4 Å². The van der Waals surface area contributed by atoms with Crippen LogP contribution in [0.25, 0.3) is 0 Å². The van der Waals surface area contributed by atoms with Crippen molar-refractivity contribution in [3.8, 4) is 11.5 Å². The first-order chi connectivity index (χ1) is 19.4. The molecule has 0 saturated heterocycles. The van der Waals surface area contributed by atoms with Crippen LogP contribution in [0, 0.1) is 0 Å². The van der Waals surface area contributed by atoms with E-state index in [4.69, 9.17) is 9.84 Å². The molecule has 10 nitrogen and oxygen atoms in total. The van der Waals surface area contributed by atoms with Gasteiger partial charge in [-0.25, -0.2) is 4.79 Å². The van der Waals surface area contributed by atoms with Crippen LogP contribution < -0.4 is 20.7 Å². The molecule has 10 heteroatoms. The van der Waals surface area contributed by atoms with Crippen molar-refractivity contribution in [3.63, 3.8) is 0 Å². The molecule has 1 aliphatic carbocycles. The molecule has 0 unspecified atom stereocenters. The number of anilines is 1. The summed E-state index contributed by atoms with van der Waals surface area (Å²) in [6, 6.07) is 10.5. The lowest BCUT2D eigenvalue weighted by Crippen LogP contribution is -2.45. The van der Waals surface area contributed by atoms with Crippen LogP contribution in [0.15, 0.2) is 36.4 Å². The van der Waals surface area contributed by atoms with Crippen molar-refractivity contribution >= 4 is 23.5 Å². The van der Waals surface area contributed by atoms with Crippen LogP contribution in [0.2, 0.25) is 0 Å². The molecule has 1 fully saturated rings. The Morgan fingerprint density at radius 2 is 1.68 bits per heavy atom. The number of rotatable bonds is 14. The summed E-state index contributed by atoms with van der Waals surface area (Å²) in [4.78, 5) is 37.9. The van der Waals surface area contributed by atoms with Crippen LogP contribution in [0.1, 0.15) is 60.0 Å². The minimum absolute atomic E-state index is 0.00900. The maximum atomic E-state index is 13.2. The number of carboxylic acid groups (broad SMARTS) is 1. The van der Waals surface area contributed by atoms with E-state index in [1.54, 1.807) is 18.2 Å². The highest BCUT2D eigenvalue weighted by Crippen LogP contribution is 2.39. The van der Waals surface area contributed by atoms with E-state index in [2.05, 4.69) is 20.9 Å². The molecule has 0 aromatic heterocycles. The summed E-state index contributed by atoms with van der Waals surface area (Å²) in [5.41, 5.74) is 2.57.